The Labute approximate surface area is 201 Å². The molecule has 6 nitrogen and oxygen atoms in total. The highest BCUT2D eigenvalue weighted by Gasteiger charge is 2.53. The van der Waals surface area contributed by atoms with E-state index in [1.807, 2.05) is 55.5 Å². The van der Waals surface area contributed by atoms with Gasteiger partial charge in [0.15, 0.2) is 5.60 Å². The Balaban J connectivity index is 1.63. The molecule has 178 valence electrons. The van der Waals surface area contributed by atoms with Crippen LogP contribution < -0.4 is 4.74 Å². The maximum atomic E-state index is 13.1. The Bertz CT molecular complexity index is 1100. The number of hydrogen-bond acceptors (Lipinski definition) is 5. The van der Waals surface area contributed by atoms with Crippen LogP contribution in [0.1, 0.15) is 42.4 Å². The topological polar surface area (TPSA) is 65.1 Å². The summed E-state index contributed by atoms with van der Waals surface area (Å²) >= 11 is 0. The first-order valence-corrected chi connectivity index (χ1v) is 11.7. The van der Waals surface area contributed by atoms with Gasteiger partial charge in [0, 0.05) is 24.1 Å². The summed E-state index contributed by atoms with van der Waals surface area (Å²) in [5.41, 5.74) is 1.91. The van der Waals surface area contributed by atoms with Crippen LogP contribution >= 0.6 is 0 Å². The third-order valence-electron chi connectivity index (χ3n) is 6.84. The fourth-order valence-corrected chi connectivity index (χ4v) is 5.22. The van der Waals surface area contributed by atoms with E-state index in [0.29, 0.717) is 13.0 Å². The molecular weight excluding hydrogens is 430 g/mol. The van der Waals surface area contributed by atoms with Crippen molar-refractivity contribution in [3.63, 3.8) is 0 Å². The lowest BCUT2D eigenvalue weighted by molar-refractivity contribution is -0.161. The molecule has 2 aliphatic rings. The third kappa shape index (κ3) is 5.04. The smallest absolute Gasteiger partial charge is 0.409 e. The van der Waals surface area contributed by atoms with E-state index in [2.05, 4.69) is 11.8 Å². The average Bonchev–Trinajstić information content (AvgIpc) is 3.28. The molecule has 2 aromatic rings. The van der Waals surface area contributed by atoms with Crippen molar-refractivity contribution in [1.29, 1.82) is 0 Å². The summed E-state index contributed by atoms with van der Waals surface area (Å²) in [4.78, 5) is 27.3. The Kier molecular flexibility index (Phi) is 7.12. The molecule has 0 aromatic heterocycles. The van der Waals surface area contributed by atoms with Crippen LogP contribution in [-0.4, -0.2) is 49.4 Å². The van der Waals surface area contributed by atoms with Crippen molar-refractivity contribution in [2.45, 2.75) is 50.7 Å². The Morgan fingerprint density at radius 2 is 1.91 bits per heavy atom. The van der Waals surface area contributed by atoms with Crippen molar-refractivity contribution in [2.75, 3.05) is 20.8 Å². The molecule has 0 radical (unpaired) electrons. The lowest BCUT2D eigenvalue weighted by atomic mass is 9.72. The van der Waals surface area contributed by atoms with Gasteiger partial charge in [0.2, 0.25) is 0 Å². The SMILES string of the molecule is COC(=O)N1CC[C@@H]2[C@H]1CCC[C@]2(C#Cc1cccc(C)c1)OC(=O)Cc1ccc(OC)cc1. The number of aryl methyl sites for hydroxylation is 1. The second kappa shape index (κ2) is 10.2. The monoisotopic (exact) mass is 461 g/mol. The van der Waals surface area contributed by atoms with Gasteiger partial charge in [-0.1, -0.05) is 30.2 Å². The highest BCUT2D eigenvalue weighted by molar-refractivity contribution is 5.74. The summed E-state index contributed by atoms with van der Waals surface area (Å²) < 4.78 is 16.5. The number of fused-ring (bicyclic) bond motifs is 1. The standard InChI is InChI=1S/C28H31NO5/c1-20-6-4-7-21(18-20)13-16-28(34-26(30)19-22-9-11-23(32-2)12-10-22)15-5-8-25-24(28)14-17-29(25)27(31)33-3/h4,6-7,9-12,18,24-25H,5,8,14-15,17,19H2,1-3H3/t24-,25-,28-/m1/s1. The van der Waals surface area contributed by atoms with Gasteiger partial charge in [-0.25, -0.2) is 4.79 Å². The molecule has 0 N–H and O–H groups in total. The fraction of sp³-hybridized carbons (Fsp3) is 0.429. The zero-order valence-electron chi connectivity index (χ0n) is 20.0. The van der Waals surface area contributed by atoms with Crippen LogP contribution in [0.5, 0.6) is 5.75 Å². The first kappa shape index (κ1) is 23.7. The van der Waals surface area contributed by atoms with Crippen molar-refractivity contribution >= 4 is 12.1 Å². The molecule has 6 heteroatoms. The number of likely N-dealkylation sites (tertiary alicyclic amines) is 1. The van der Waals surface area contributed by atoms with E-state index in [1.165, 1.54) is 7.11 Å². The average molecular weight is 462 g/mol. The zero-order valence-corrected chi connectivity index (χ0v) is 20.0. The first-order chi connectivity index (χ1) is 16.4. The first-order valence-electron chi connectivity index (χ1n) is 11.7. The summed E-state index contributed by atoms with van der Waals surface area (Å²) in [6.45, 7) is 2.60. The summed E-state index contributed by atoms with van der Waals surface area (Å²) in [5, 5.41) is 0. The minimum atomic E-state index is -0.945. The Morgan fingerprint density at radius 1 is 1.12 bits per heavy atom. The molecule has 3 atom stereocenters. The van der Waals surface area contributed by atoms with Crippen molar-refractivity contribution in [1.82, 2.24) is 4.90 Å². The van der Waals surface area contributed by atoms with Gasteiger partial charge >= 0.3 is 12.1 Å². The fourth-order valence-electron chi connectivity index (χ4n) is 5.22. The Hall–Kier alpha value is -3.46. The van der Waals surface area contributed by atoms with E-state index in [0.717, 1.165) is 41.7 Å². The molecule has 2 fully saturated rings. The molecular formula is C28H31NO5. The molecule has 1 saturated heterocycles. The Morgan fingerprint density at radius 3 is 2.62 bits per heavy atom. The van der Waals surface area contributed by atoms with E-state index >= 15 is 0 Å². The number of ether oxygens (including phenoxy) is 3. The normalized spacial score (nSPS) is 23.3. The number of methoxy groups -OCH3 is 2. The molecule has 1 heterocycles. The van der Waals surface area contributed by atoms with E-state index in [9.17, 15) is 9.59 Å². The summed E-state index contributed by atoms with van der Waals surface area (Å²) in [7, 11) is 3.01. The molecule has 1 aliphatic heterocycles. The van der Waals surface area contributed by atoms with Crippen LogP contribution in [0.15, 0.2) is 48.5 Å². The van der Waals surface area contributed by atoms with Crippen molar-refractivity contribution in [3.05, 3.63) is 65.2 Å². The number of esters is 1. The minimum Gasteiger partial charge on any atom is -0.497 e. The molecule has 1 saturated carbocycles. The van der Waals surface area contributed by atoms with E-state index < -0.39 is 5.60 Å². The van der Waals surface area contributed by atoms with Crippen LogP contribution in [0.4, 0.5) is 4.79 Å². The van der Waals surface area contributed by atoms with Gasteiger partial charge in [0.05, 0.1) is 20.6 Å². The maximum absolute atomic E-state index is 13.1. The number of amides is 1. The number of carbonyl (C=O) groups excluding carboxylic acids is 2. The van der Waals surface area contributed by atoms with Crippen LogP contribution in [0.25, 0.3) is 0 Å². The zero-order chi connectivity index (χ0) is 24.1. The second-order valence-corrected chi connectivity index (χ2v) is 9.03. The molecule has 0 unspecified atom stereocenters. The maximum Gasteiger partial charge on any atom is 0.409 e. The molecule has 0 bridgehead atoms. The number of hydrogen-bond donors (Lipinski definition) is 0. The minimum absolute atomic E-state index is 0.0539. The van der Waals surface area contributed by atoms with Gasteiger partial charge in [-0.15, -0.1) is 0 Å². The van der Waals surface area contributed by atoms with E-state index in [1.54, 1.807) is 12.0 Å². The lowest BCUT2D eigenvalue weighted by Gasteiger charge is -2.42. The van der Waals surface area contributed by atoms with Crippen molar-refractivity contribution in [2.24, 2.45) is 5.92 Å². The highest BCUT2D eigenvalue weighted by atomic mass is 16.6. The van der Waals surface area contributed by atoms with Crippen LogP contribution in [-0.2, 0) is 20.7 Å². The van der Waals surface area contributed by atoms with Crippen molar-refractivity contribution in [3.8, 4) is 17.6 Å². The summed E-state index contributed by atoms with van der Waals surface area (Å²) in [6.07, 6.45) is 2.85. The molecule has 1 amide bonds. The quantitative estimate of drug-likeness (QED) is 0.495. The van der Waals surface area contributed by atoms with Crippen molar-refractivity contribution < 1.29 is 23.8 Å². The highest BCUT2D eigenvalue weighted by Crippen LogP contribution is 2.45. The molecule has 4 rings (SSSR count). The molecule has 0 spiro atoms. The molecule has 1 aliphatic carbocycles. The van der Waals surface area contributed by atoms with Crippen LogP contribution in [0.2, 0.25) is 0 Å². The summed E-state index contributed by atoms with van der Waals surface area (Å²) in [5.74, 6) is 7.00. The second-order valence-electron chi connectivity index (χ2n) is 9.03. The van der Waals surface area contributed by atoms with E-state index in [4.69, 9.17) is 14.2 Å². The number of carbonyl (C=O) groups is 2. The third-order valence-corrected chi connectivity index (χ3v) is 6.84. The van der Waals surface area contributed by atoms with Gasteiger partial charge < -0.3 is 19.1 Å². The lowest BCUT2D eigenvalue weighted by Crippen LogP contribution is -2.52. The van der Waals surface area contributed by atoms with Crippen LogP contribution in [0.3, 0.4) is 0 Å². The van der Waals surface area contributed by atoms with Gasteiger partial charge in [-0.3, -0.25) is 4.79 Å². The number of rotatable bonds is 4. The van der Waals surface area contributed by atoms with E-state index in [-0.39, 0.29) is 30.4 Å². The molecule has 34 heavy (non-hydrogen) atoms. The number of nitrogens with zero attached hydrogens (tertiary/aromatic N) is 1. The van der Waals surface area contributed by atoms with Gasteiger partial charge in [-0.2, -0.15) is 0 Å². The van der Waals surface area contributed by atoms with Gasteiger partial charge in [-0.05, 0) is 73.9 Å². The number of benzene rings is 2. The predicted molar refractivity (Wildman–Crippen MR) is 128 cm³/mol. The largest absolute Gasteiger partial charge is 0.497 e. The summed E-state index contributed by atoms with van der Waals surface area (Å²) in [6, 6.07) is 15.3. The van der Waals surface area contributed by atoms with Crippen LogP contribution in [0, 0.1) is 24.7 Å². The molecule has 2 aromatic carbocycles. The van der Waals surface area contributed by atoms with Gasteiger partial charge in [0.1, 0.15) is 5.75 Å². The predicted octanol–water partition coefficient (Wildman–Crippen LogP) is 4.52. The van der Waals surface area contributed by atoms with Gasteiger partial charge in [0.25, 0.3) is 0 Å².